The van der Waals surface area contributed by atoms with Crippen LogP contribution in [0, 0.1) is 0 Å². The van der Waals surface area contributed by atoms with Crippen LogP contribution in [-0.2, 0) is 4.79 Å². The molecule has 0 radical (unpaired) electrons. The Kier molecular flexibility index (Phi) is 5.93. The first-order valence-electron chi connectivity index (χ1n) is 8.00. The first-order chi connectivity index (χ1) is 12.9. The summed E-state index contributed by atoms with van der Waals surface area (Å²) in [6, 6.07) is 10.5. The molecule has 0 fully saturated rings. The fraction of sp³-hybridized carbons (Fsp3) is 0.158. The summed E-state index contributed by atoms with van der Waals surface area (Å²) in [6.07, 6.45) is 3.05. The number of hydrogen-bond acceptors (Lipinski definition) is 5. The molecule has 0 aliphatic carbocycles. The quantitative estimate of drug-likeness (QED) is 0.600. The second kappa shape index (κ2) is 8.37. The molecule has 140 valence electrons. The number of rotatable bonds is 4. The molecule has 2 aromatic rings. The number of benzene rings is 2. The predicted molar refractivity (Wildman–Crippen MR) is 107 cm³/mol. The third-order valence-electron chi connectivity index (χ3n) is 3.57. The van der Waals surface area contributed by atoms with E-state index in [0.717, 1.165) is 22.2 Å². The minimum absolute atomic E-state index is 0.0582. The van der Waals surface area contributed by atoms with Crippen molar-refractivity contribution in [2.24, 2.45) is 0 Å². The SMILES string of the molecule is CN(C)C(=O)Sc1ccc(NC(=O)/C=C/c2cc(Cl)c3c(c2)OCO3)cc1. The number of fused-ring (bicyclic) bond motifs is 1. The van der Waals surface area contributed by atoms with Gasteiger partial charge >= 0.3 is 0 Å². The first-order valence-corrected chi connectivity index (χ1v) is 9.19. The Hall–Kier alpha value is -2.64. The van der Waals surface area contributed by atoms with Gasteiger partial charge in [0.1, 0.15) is 0 Å². The summed E-state index contributed by atoms with van der Waals surface area (Å²) in [4.78, 5) is 26.1. The van der Waals surface area contributed by atoms with Crippen LogP contribution in [0.4, 0.5) is 10.5 Å². The van der Waals surface area contributed by atoms with Crippen LogP contribution in [0.2, 0.25) is 5.02 Å². The first kappa shape index (κ1) is 19.1. The molecule has 6 nitrogen and oxygen atoms in total. The van der Waals surface area contributed by atoms with Crippen molar-refractivity contribution >= 4 is 46.3 Å². The predicted octanol–water partition coefficient (Wildman–Crippen LogP) is 4.49. The highest BCUT2D eigenvalue weighted by molar-refractivity contribution is 8.13. The molecule has 1 heterocycles. The van der Waals surface area contributed by atoms with E-state index in [1.54, 1.807) is 56.6 Å². The van der Waals surface area contributed by atoms with Crippen molar-refractivity contribution in [3.8, 4) is 11.5 Å². The average molecular weight is 405 g/mol. The molecule has 1 aliphatic heterocycles. The van der Waals surface area contributed by atoms with Gasteiger partial charge in [0.05, 0.1) is 5.02 Å². The molecule has 2 aromatic carbocycles. The van der Waals surface area contributed by atoms with E-state index in [-0.39, 0.29) is 17.9 Å². The molecular weight excluding hydrogens is 388 g/mol. The third-order valence-corrected chi connectivity index (χ3v) is 4.90. The highest BCUT2D eigenvalue weighted by atomic mass is 35.5. The Bertz CT molecular complexity index is 897. The summed E-state index contributed by atoms with van der Waals surface area (Å²) in [7, 11) is 3.40. The maximum atomic E-state index is 12.1. The van der Waals surface area contributed by atoms with E-state index in [2.05, 4.69) is 5.32 Å². The number of carbonyl (C=O) groups is 2. The number of nitrogens with one attached hydrogen (secondary N) is 1. The standard InChI is InChI=1S/C19H17ClN2O4S/c1-22(2)19(24)27-14-6-4-13(5-7-14)21-17(23)8-3-12-9-15(20)18-16(10-12)25-11-26-18/h3-10H,11H2,1-2H3,(H,21,23)/b8-3+. The van der Waals surface area contributed by atoms with Gasteiger partial charge < -0.3 is 19.7 Å². The number of nitrogens with zero attached hydrogens (tertiary/aromatic N) is 1. The van der Waals surface area contributed by atoms with Crippen molar-refractivity contribution in [1.82, 2.24) is 4.90 Å². The molecule has 0 bridgehead atoms. The maximum absolute atomic E-state index is 12.1. The van der Waals surface area contributed by atoms with Gasteiger partial charge in [0.15, 0.2) is 11.5 Å². The van der Waals surface area contributed by atoms with Crippen molar-refractivity contribution in [3.63, 3.8) is 0 Å². The Balaban J connectivity index is 1.60. The lowest BCUT2D eigenvalue weighted by Crippen LogP contribution is -2.16. The molecule has 1 aliphatic rings. The third kappa shape index (κ3) is 4.96. The topological polar surface area (TPSA) is 67.9 Å². The van der Waals surface area contributed by atoms with Crippen molar-refractivity contribution < 1.29 is 19.1 Å². The van der Waals surface area contributed by atoms with E-state index in [1.165, 1.54) is 11.0 Å². The Labute approximate surface area is 166 Å². The summed E-state index contributed by atoms with van der Waals surface area (Å²) in [6.45, 7) is 0.136. The van der Waals surface area contributed by atoms with Crippen LogP contribution in [0.5, 0.6) is 11.5 Å². The van der Waals surface area contributed by atoms with Gasteiger partial charge in [0.2, 0.25) is 12.7 Å². The summed E-state index contributed by atoms with van der Waals surface area (Å²) in [5, 5.41) is 3.14. The van der Waals surface area contributed by atoms with E-state index in [9.17, 15) is 9.59 Å². The number of anilines is 1. The van der Waals surface area contributed by atoms with Crippen molar-refractivity contribution in [2.45, 2.75) is 4.90 Å². The Morgan fingerprint density at radius 3 is 2.63 bits per heavy atom. The number of amides is 2. The van der Waals surface area contributed by atoms with Gasteiger partial charge in [-0.05, 0) is 59.8 Å². The van der Waals surface area contributed by atoms with E-state index >= 15 is 0 Å². The number of halogens is 1. The monoisotopic (exact) mass is 404 g/mol. The molecule has 3 rings (SSSR count). The number of ether oxygens (including phenoxy) is 2. The number of thioether (sulfide) groups is 1. The highest BCUT2D eigenvalue weighted by Crippen LogP contribution is 2.40. The minimum atomic E-state index is -0.284. The van der Waals surface area contributed by atoms with Crippen LogP contribution in [0.25, 0.3) is 6.08 Å². The fourth-order valence-electron chi connectivity index (χ4n) is 2.24. The largest absolute Gasteiger partial charge is 0.454 e. The van der Waals surface area contributed by atoms with Crippen LogP contribution in [0.15, 0.2) is 47.4 Å². The molecule has 27 heavy (non-hydrogen) atoms. The van der Waals surface area contributed by atoms with Gasteiger partial charge in [-0.25, -0.2) is 0 Å². The second-order valence-corrected chi connectivity index (χ2v) is 7.28. The van der Waals surface area contributed by atoms with E-state index in [0.29, 0.717) is 22.2 Å². The lowest BCUT2D eigenvalue weighted by atomic mass is 10.2. The number of carbonyl (C=O) groups excluding carboxylic acids is 2. The zero-order chi connectivity index (χ0) is 19.4. The lowest BCUT2D eigenvalue weighted by Gasteiger charge is -2.09. The van der Waals surface area contributed by atoms with Crippen LogP contribution in [0.3, 0.4) is 0 Å². The lowest BCUT2D eigenvalue weighted by molar-refractivity contribution is -0.111. The average Bonchev–Trinajstić information content (AvgIpc) is 3.11. The minimum Gasteiger partial charge on any atom is -0.454 e. The number of hydrogen-bond donors (Lipinski definition) is 1. The van der Waals surface area contributed by atoms with Gasteiger partial charge in [0, 0.05) is 30.8 Å². The molecule has 0 spiro atoms. The molecule has 1 N–H and O–H groups in total. The maximum Gasteiger partial charge on any atom is 0.285 e. The van der Waals surface area contributed by atoms with Crippen LogP contribution >= 0.6 is 23.4 Å². The molecule has 8 heteroatoms. The van der Waals surface area contributed by atoms with Crippen molar-refractivity contribution in [1.29, 1.82) is 0 Å². The molecule has 2 amide bonds. The molecule has 0 atom stereocenters. The van der Waals surface area contributed by atoms with Crippen LogP contribution in [0.1, 0.15) is 5.56 Å². The summed E-state index contributed by atoms with van der Waals surface area (Å²) in [5.41, 5.74) is 1.36. The van der Waals surface area contributed by atoms with Gasteiger partial charge in [-0.3, -0.25) is 9.59 Å². The summed E-state index contributed by atoms with van der Waals surface area (Å²) in [5.74, 6) is 0.792. The zero-order valence-electron chi connectivity index (χ0n) is 14.7. The van der Waals surface area contributed by atoms with Gasteiger partial charge in [-0.15, -0.1) is 0 Å². The van der Waals surface area contributed by atoms with E-state index < -0.39 is 0 Å². The molecule has 0 saturated heterocycles. The molecule has 0 aromatic heterocycles. The van der Waals surface area contributed by atoms with Gasteiger partial charge in [0.25, 0.3) is 5.24 Å². The smallest absolute Gasteiger partial charge is 0.285 e. The Morgan fingerprint density at radius 1 is 1.19 bits per heavy atom. The summed E-state index contributed by atoms with van der Waals surface area (Å²) < 4.78 is 10.6. The molecular formula is C19H17ClN2O4S. The van der Waals surface area contributed by atoms with E-state index in [1.807, 2.05) is 0 Å². The van der Waals surface area contributed by atoms with Crippen molar-refractivity contribution in [2.75, 3.05) is 26.2 Å². The van der Waals surface area contributed by atoms with Crippen LogP contribution < -0.4 is 14.8 Å². The Morgan fingerprint density at radius 2 is 1.93 bits per heavy atom. The van der Waals surface area contributed by atoms with E-state index in [4.69, 9.17) is 21.1 Å². The normalized spacial score (nSPS) is 12.3. The van der Waals surface area contributed by atoms with Crippen LogP contribution in [-0.4, -0.2) is 36.9 Å². The molecule has 0 unspecified atom stereocenters. The fourth-order valence-corrected chi connectivity index (χ4v) is 3.17. The molecule has 0 saturated carbocycles. The second-order valence-electron chi connectivity index (χ2n) is 5.85. The highest BCUT2D eigenvalue weighted by Gasteiger charge is 2.17. The van der Waals surface area contributed by atoms with Gasteiger partial charge in [-0.1, -0.05) is 11.6 Å². The zero-order valence-corrected chi connectivity index (χ0v) is 16.3. The van der Waals surface area contributed by atoms with Gasteiger partial charge in [-0.2, -0.15) is 0 Å². The summed E-state index contributed by atoms with van der Waals surface area (Å²) >= 11 is 7.25. The van der Waals surface area contributed by atoms with Crippen molar-refractivity contribution in [3.05, 3.63) is 53.1 Å².